The van der Waals surface area contributed by atoms with Crippen molar-refractivity contribution in [2.45, 2.75) is 32.4 Å². The van der Waals surface area contributed by atoms with E-state index in [4.69, 9.17) is 4.74 Å². The largest absolute Gasteiger partial charge is 0.376 e. The molecule has 0 radical (unpaired) electrons. The lowest BCUT2D eigenvalue weighted by atomic mass is 10.1. The third-order valence-corrected chi connectivity index (χ3v) is 3.48. The summed E-state index contributed by atoms with van der Waals surface area (Å²) in [4.78, 5) is 15.5. The zero-order valence-electron chi connectivity index (χ0n) is 9.93. The zero-order chi connectivity index (χ0) is 12.0. The minimum absolute atomic E-state index is 0.165. The molecule has 17 heavy (non-hydrogen) atoms. The summed E-state index contributed by atoms with van der Waals surface area (Å²) in [5, 5.41) is 3.26. The summed E-state index contributed by atoms with van der Waals surface area (Å²) in [7, 11) is 0. The van der Waals surface area contributed by atoms with Crippen LogP contribution in [0.25, 0.3) is 11.3 Å². The standard InChI is InChI=1S/C12H15N3O2/c1-7-11-10(3-5-13-12(11)16)15(14-7)9-4-6-17-8(9)2/h3,5,8-9,14H,4,6H2,1-2H3/t8-,9+/m0/s1. The summed E-state index contributed by atoms with van der Waals surface area (Å²) in [6.07, 6.45) is 2.70. The third-order valence-electron chi connectivity index (χ3n) is 3.48. The van der Waals surface area contributed by atoms with Crippen molar-refractivity contribution in [1.29, 1.82) is 0 Å². The molecule has 5 nitrogen and oxygen atoms in total. The Morgan fingerprint density at radius 1 is 1.59 bits per heavy atom. The molecule has 0 aromatic heterocycles. The Balaban J connectivity index is 2.17. The van der Waals surface area contributed by atoms with Crippen LogP contribution in [-0.4, -0.2) is 27.5 Å². The molecule has 0 aromatic carbocycles. The lowest BCUT2D eigenvalue weighted by molar-refractivity contribution is 0.105. The van der Waals surface area contributed by atoms with Crippen LogP contribution in [0.15, 0.2) is 17.1 Å². The Bertz CT molecular complexity index is 572. The van der Waals surface area contributed by atoms with Crippen LogP contribution < -0.4 is 5.56 Å². The predicted octanol–water partition coefficient (Wildman–Crippen LogP) is 1.33. The molecule has 0 unspecified atom stereocenters. The van der Waals surface area contributed by atoms with Gasteiger partial charge < -0.3 is 9.84 Å². The molecule has 3 aliphatic rings. The van der Waals surface area contributed by atoms with Crippen LogP contribution in [0, 0.1) is 6.92 Å². The first-order chi connectivity index (χ1) is 8.18. The number of H-pyrrole nitrogens is 1. The lowest BCUT2D eigenvalue weighted by Gasteiger charge is -2.17. The molecule has 90 valence electrons. The topological polar surface area (TPSA) is 59.9 Å². The first-order valence-electron chi connectivity index (χ1n) is 5.86. The normalized spacial score (nSPS) is 24.6. The highest BCUT2D eigenvalue weighted by Gasteiger charge is 2.30. The average molecular weight is 233 g/mol. The van der Waals surface area contributed by atoms with E-state index in [1.807, 2.05) is 17.7 Å². The molecule has 0 spiro atoms. The van der Waals surface area contributed by atoms with Crippen molar-refractivity contribution in [3.8, 4) is 11.3 Å². The van der Waals surface area contributed by atoms with E-state index in [9.17, 15) is 4.79 Å². The van der Waals surface area contributed by atoms with E-state index in [1.165, 1.54) is 0 Å². The van der Waals surface area contributed by atoms with Crippen LogP contribution in [0.3, 0.4) is 0 Å². The molecular weight excluding hydrogens is 218 g/mol. The van der Waals surface area contributed by atoms with Crippen LogP contribution in [0.2, 0.25) is 0 Å². The summed E-state index contributed by atoms with van der Waals surface area (Å²) in [5.74, 6) is 0. The third kappa shape index (κ3) is 1.50. The van der Waals surface area contributed by atoms with Crippen molar-refractivity contribution in [2.75, 3.05) is 6.61 Å². The second kappa shape index (κ2) is 3.70. The summed E-state index contributed by atoms with van der Waals surface area (Å²) in [6, 6.07) is 2.15. The molecule has 3 aliphatic heterocycles. The molecule has 1 N–H and O–H groups in total. The van der Waals surface area contributed by atoms with Gasteiger partial charge in [0.2, 0.25) is 0 Å². The molecule has 0 amide bonds. The van der Waals surface area contributed by atoms with Gasteiger partial charge in [-0.05, 0) is 26.3 Å². The van der Waals surface area contributed by atoms with Gasteiger partial charge in [-0.15, -0.1) is 0 Å². The quantitative estimate of drug-likeness (QED) is 0.808. The molecule has 1 fully saturated rings. The number of pyridine rings is 1. The van der Waals surface area contributed by atoms with Crippen molar-refractivity contribution in [2.24, 2.45) is 0 Å². The number of hydrogen-bond acceptors (Lipinski definition) is 3. The molecule has 0 saturated carbocycles. The summed E-state index contributed by atoms with van der Waals surface area (Å²) in [6.45, 7) is 4.74. The van der Waals surface area contributed by atoms with Crippen molar-refractivity contribution in [1.82, 2.24) is 14.8 Å². The van der Waals surface area contributed by atoms with Crippen LogP contribution in [0.5, 0.6) is 0 Å². The van der Waals surface area contributed by atoms with E-state index in [0.717, 1.165) is 24.4 Å². The highest BCUT2D eigenvalue weighted by atomic mass is 16.5. The second-order valence-electron chi connectivity index (χ2n) is 4.55. The minimum Gasteiger partial charge on any atom is -0.376 e. The molecule has 5 heteroatoms. The number of nitrogens with zero attached hydrogens (tertiary/aromatic N) is 2. The Kier molecular flexibility index (Phi) is 2.29. The lowest BCUT2D eigenvalue weighted by Crippen LogP contribution is -2.19. The van der Waals surface area contributed by atoms with Gasteiger partial charge in [0.05, 0.1) is 23.4 Å². The van der Waals surface area contributed by atoms with Gasteiger partial charge in [0, 0.05) is 18.5 Å². The minimum atomic E-state index is -0.165. The van der Waals surface area contributed by atoms with E-state index >= 15 is 0 Å². The van der Waals surface area contributed by atoms with Gasteiger partial charge in [0.1, 0.15) is 0 Å². The SMILES string of the molecule is Cc1[nH]n([C@@H]2CCO[C@H]2C)c2ccnc(=O)c1-2. The molecule has 1 saturated heterocycles. The van der Waals surface area contributed by atoms with Gasteiger partial charge in [-0.2, -0.15) is 0 Å². The molecule has 0 aromatic rings. The van der Waals surface area contributed by atoms with Gasteiger partial charge in [0.25, 0.3) is 5.56 Å². The Morgan fingerprint density at radius 3 is 3.12 bits per heavy atom. The highest BCUT2D eigenvalue weighted by molar-refractivity contribution is 5.62. The fourth-order valence-electron chi connectivity index (χ4n) is 2.60. The van der Waals surface area contributed by atoms with Crippen LogP contribution in [0.1, 0.15) is 25.1 Å². The number of aromatic amines is 1. The van der Waals surface area contributed by atoms with Gasteiger partial charge in [-0.1, -0.05) is 0 Å². The number of hydrogen-bond donors (Lipinski definition) is 1. The number of fused-ring (bicyclic) bond motifs is 1. The van der Waals surface area contributed by atoms with E-state index in [-0.39, 0.29) is 17.7 Å². The summed E-state index contributed by atoms with van der Waals surface area (Å²) < 4.78 is 7.62. The summed E-state index contributed by atoms with van der Waals surface area (Å²) >= 11 is 0. The molecule has 0 aliphatic carbocycles. The number of aromatic nitrogens is 3. The predicted molar refractivity (Wildman–Crippen MR) is 63.3 cm³/mol. The molecule has 3 rings (SSSR count). The Labute approximate surface area is 98.8 Å². The molecule has 3 heterocycles. The van der Waals surface area contributed by atoms with Crippen LogP contribution in [0.4, 0.5) is 0 Å². The number of rotatable bonds is 1. The van der Waals surface area contributed by atoms with Crippen LogP contribution in [-0.2, 0) is 4.74 Å². The smallest absolute Gasteiger partial charge is 0.280 e. The van der Waals surface area contributed by atoms with Gasteiger partial charge in [-0.25, -0.2) is 4.98 Å². The van der Waals surface area contributed by atoms with Crippen LogP contribution >= 0.6 is 0 Å². The monoisotopic (exact) mass is 233 g/mol. The van der Waals surface area contributed by atoms with Crippen molar-refractivity contribution >= 4 is 0 Å². The van der Waals surface area contributed by atoms with Gasteiger partial charge in [-0.3, -0.25) is 9.48 Å². The first kappa shape index (κ1) is 10.5. The van der Waals surface area contributed by atoms with Crippen molar-refractivity contribution < 1.29 is 4.74 Å². The highest BCUT2D eigenvalue weighted by Crippen LogP contribution is 2.31. The maximum absolute atomic E-state index is 11.7. The summed E-state index contributed by atoms with van der Waals surface area (Å²) in [5.41, 5.74) is 2.32. The number of nitrogens with one attached hydrogen (secondary N) is 1. The van der Waals surface area contributed by atoms with E-state index in [0.29, 0.717) is 5.56 Å². The van der Waals surface area contributed by atoms with Crippen molar-refractivity contribution in [3.05, 3.63) is 28.3 Å². The zero-order valence-corrected chi connectivity index (χ0v) is 9.93. The Morgan fingerprint density at radius 2 is 2.41 bits per heavy atom. The maximum atomic E-state index is 11.7. The maximum Gasteiger partial charge on any atom is 0.280 e. The molecule has 2 atom stereocenters. The van der Waals surface area contributed by atoms with E-state index < -0.39 is 0 Å². The van der Waals surface area contributed by atoms with E-state index in [2.05, 4.69) is 17.0 Å². The number of ether oxygens (including phenoxy) is 1. The Hall–Kier alpha value is -1.62. The average Bonchev–Trinajstić information content (AvgIpc) is 2.84. The second-order valence-corrected chi connectivity index (χ2v) is 4.55. The molecular formula is C12H15N3O2. The van der Waals surface area contributed by atoms with Gasteiger partial charge in [0.15, 0.2) is 0 Å². The fourth-order valence-corrected chi connectivity index (χ4v) is 2.60. The first-order valence-corrected chi connectivity index (χ1v) is 5.86. The van der Waals surface area contributed by atoms with E-state index in [1.54, 1.807) is 6.20 Å². The number of aryl methyl sites for hydroxylation is 1. The van der Waals surface area contributed by atoms with Crippen molar-refractivity contribution in [3.63, 3.8) is 0 Å². The fraction of sp³-hybridized carbons (Fsp3) is 0.500. The van der Waals surface area contributed by atoms with Gasteiger partial charge >= 0.3 is 0 Å². The molecule has 0 bridgehead atoms.